The van der Waals surface area contributed by atoms with Gasteiger partial charge in [-0.3, -0.25) is 0 Å². The van der Waals surface area contributed by atoms with Gasteiger partial charge in [-0.25, -0.2) is 9.97 Å². The first kappa shape index (κ1) is 19.2. The maximum Gasteiger partial charge on any atom is 0.238 e. The van der Waals surface area contributed by atoms with Crippen molar-refractivity contribution in [3.05, 3.63) is 48.4 Å². The van der Waals surface area contributed by atoms with E-state index < -0.39 is 0 Å². The summed E-state index contributed by atoms with van der Waals surface area (Å²) in [6, 6.07) is 8.35. The van der Waals surface area contributed by atoms with Gasteiger partial charge in [0.2, 0.25) is 11.8 Å². The van der Waals surface area contributed by atoms with E-state index in [4.69, 9.17) is 19.1 Å². The molecule has 9 nitrogen and oxygen atoms in total. The summed E-state index contributed by atoms with van der Waals surface area (Å²) in [5.41, 5.74) is 3.08. The number of benzene rings is 1. The van der Waals surface area contributed by atoms with Crippen LogP contribution in [-0.2, 0) is 11.2 Å². The zero-order valence-electron chi connectivity index (χ0n) is 18.2. The normalized spacial score (nSPS) is 19.1. The number of anilines is 2. The van der Waals surface area contributed by atoms with Crippen LogP contribution in [0.25, 0.3) is 22.3 Å². The summed E-state index contributed by atoms with van der Waals surface area (Å²) >= 11 is 0. The average molecular weight is 432 g/mol. The van der Waals surface area contributed by atoms with Crippen LogP contribution in [0.4, 0.5) is 11.5 Å². The second kappa shape index (κ2) is 7.59. The van der Waals surface area contributed by atoms with Crippen LogP contribution in [0.2, 0.25) is 0 Å². The van der Waals surface area contributed by atoms with E-state index in [1.54, 1.807) is 0 Å². The van der Waals surface area contributed by atoms with Crippen LogP contribution in [0.15, 0.2) is 41.1 Å². The number of aromatic nitrogens is 5. The minimum absolute atomic E-state index is 0.0896. The Hall–Kier alpha value is -3.46. The van der Waals surface area contributed by atoms with E-state index in [1.165, 1.54) is 0 Å². The van der Waals surface area contributed by atoms with Gasteiger partial charge in [-0.2, -0.15) is 0 Å². The molecule has 0 spiro atoms. The van der Waals surface area contributed by atoms with Crippen LogP contribution >= 0.6 is 0 Å². The summed E-state index contributed by atoms with van der Waals surface area (Å²) in [6.45, 7) is 7.06. The van der Waals surface area contributed by atoms with Gasteiger partial charge in [-0.1, -0.05) is 19.1 Å². The van der Waals surface area contributed by atoms with E-state index in [0.29, 0.717) is 25.0 Å². The first-order valence-electron chi connectivity index (χ1n) is 11.1. The van der Waals surface area contributed by atoms with Gasteiger partial charge in [0.25, 0.3) is 0 Å². The summed E-state index contributed by atoms with van der Waals surface area (Å²) in [7, 11) is 0. The van der Waals surface area contributed by atoms with Gasteiger partial charge in [0, 0.05) is 42.2 Å². The second-order valence-corrected chi connectivity index (χ2v) is 8.28. The predicted octanol–water partition coefficient (Wildman–Crippen LogP) is 3.36. The lowest BCUT2D eigenvalue weighted by atomic mass is 10.1. The van der Waals surface area contributed by atoms with E-state index in [-0.39, 0.29) is 12.1 Å². The maximum absolute atomic E-state index is 5.88. The number of ether oxygens (including phenoxy) is 1. The SMILES string of the molecule is CCc1nnc(C(C)N2C[C@@H]3COCCN3c3nc(-c4cccc5[nH]ccc45)ncc32)o1. The largest absolute Gasteiger partial charge is 0.423 e. The molecular formula is C23H25N7O2. The molecular weight excluding hydrogens is 406 g/mol. The van der Waals surface area contributed by atoms with Crippen molar-refractivity contribution in [2.24, 2.45) is 0 Å². The minimum Gasteiger partial charge on any atom is -0.423 e. The molecule has 1 N–H and O–H groups in total. The Morgan fingerprint density at radius 3 is 3.06 bits per heavy atom. The first-order valence-corrected chi connectivity index (χ1v) is 11.1. The fourth-order valence-electron chi connectivity index (χ4n) is 4.68. The third kappa shape index (κ3) is 3.03. The van der Waals surface area contributed by atoms with Crippen LogP contribution in [0.3, 0.4) is 0 Å². The van der Waals surface area contributed by atoms with Gasteiger partial charge in [-0.05, 0) is 19.1 Å². The molecule has 0 radical (unpaired) electrons. The lowest BCUT2D eigenvalue weighted by Crippen LogP contribution is -2.56. The quantitative estimate of drug-likeness (QED) is 0.526. The zero-order valence-corrected chi connectivity index (χ0v) is 18.2. The maximum atomic E-state index is 5.88. The Kier molecular flexibility index (Phi) is 4.57. The highest BCUT2D eigenvalue weighted by Crippen LogP contribution is 2.40. The summed E-state index contributed by atoms with van der Waals surface area (Å²) in [4.78, 5) is 17.8. The monoisotopic (exact) mass is 431 g/mol. The molecule has 1 aromatic carbocycles. The number of rotatable bonds is 4. The second-order valence-electron chi connectivity index (χ2n) is 8.28. The van der Waals surface area contributed by atoms with E-state index in [0.717, 1.165) is 53.3 Å². The third-order valence-electron chi connectivity index (χ3n) is 6.41. The van der Waals surface area contributed by atoms with Crippen molar-refractivity contribution in [2.45, 2.75) is 32.4 Å². The molecule has 3 aromatic heterocycles. The number of hydrogen-bond donors (Lipinski definition) is 1. The van der Waals surface area contributed by atoms with Crippen molar-refractivity contribution in [3.63, 3.8) is 0 Å². The lowest BCUT2D eigenvalue weighted by Gasteiger charge is -2.46. The molecule has 9 heteroatoms. The summed E-state index contributed by atoms with van der Waals surface area (Å²) in [6.07, 6.45) is 4.60. The summed E-state index contributed by atoms with van der Waals surface area (Å²) in [5, 5.41) is 9.55. The zero-order chi connectivity index (χ0) is 21.7. The smallest absolute Gasteiger partial charge is 0.238 e. The minimum atomic E-state index is -0.0896. The van der Waals surface area contributed by atoms with Crippen molar-refractivity contribution in [1.29, 1.82) is 0 Å². The number of nitrogens with zero attached hydrogens (tertiary/aromatic N) is 6. The van der Waals surface area contributed by atoms with Gasteiger partial charge in [0.15, 0.2) is 11.6 Å². The van der Waals surface area contributed by atoms with Gasteiger partial charge in [-0.15, -0.1) is 10.2 Å². The van der Waals surface area contributed by atoms with Crippen LogP contribution in [0.5, 0.6) is 0 Å². The molecule has 6 rings (SSSR count). The highest BCUT2D eigenvalue weighted by molar-refractivity contribution is 5.93. The highest BCUT2D eigenvalue weighted by Gasteiger charge is 2.38. The molecule has 4 aromatic rings. The lowest BCUT2D eigenvalue weighted by molar-refractivity contribution is 0.0929. The van der Waals surface area contributed by atoms with Gasteiger partial charge in [0.1, 0.15) is 6.04 Å². The molecule has 1 saturated heterocycles. The molecule has 164 valence electrons. The molecule has 0 bridgehead atoms. The molecule has 0 amide bonds. The topological polar surface area (TPSA) is 96.2 Å². The van der Waals surface area contributed by atoms with Crippen LogP contribution < -0.4 is 9.80 Å². The van der Waals surface area contributed by atoms with Gasteiger partial charge < -0.3 is 23.9 Å². The number of fused-ring (bicyclic) bond motifs is 4. The number of H-pyrrole nitrogens is 1. The molecule has 1 fully saturated rings. The molecule has 2 aliphatic rings. The van der Waals surface area contributed by atoms with E-state index >= 15 is 0 Å². The van der Waals surface area contributed by atoms with E-state index in [2.05, 4.69) is 50.1 Å². The summed E-state index contributed by atoms with van der Waals surface area (Å²) in [5.74, 6) is 2.92. The fraction of sp³-hybridized carbons (Fsp3) is 0.391. The van der Waals surface area contributed by atoms with Crippen molar-refractivity contribution < 1.29 is 9.15 Å². The Bertz CT molecular complexity index is 1270. The summed E-state index contributed by atoms with van der Waals surface area (Å²) < 4.78 is 11.7. The van der Waals surface area contributed by atoms with Crippen LogP contribution in [-0.4, -0.2) is 57.5 Å². The van der Waals surface area contributed by atoms with Crippen LogP contribution in [0, 0.1) is 0 Å². The number of morpholine rings is 1. The molecule has 2 atom stereocenters. The molecule has 5 heterocycles. The Morgan fingerprint density at radius 2 is 2.19 bits per heavy atom. The number of aromatic amines is 1. The van der Waals surface area contributed by atoms with Gasteiger partial charge >= 0.3 is 0 Å². The van der Waals surface area contributed by atoms with E-state index in [9.17, 15) is 0 Å². The van der Waals surface area contributed by atoms with Crippen molar-refractivity contribution >= 4 is 22.4 Å². The number of nitrogens with one attached hydrogen (secondary N) is 1. The molecule has 0 saturated carbocycles. The molecule has 1 unspecified atom stereocenters. The third-order valence-corrected chi connectivity index (χ3v) is 6.41. The first-order chi connectivity index (χ1) is 15.7. The van der Waals surface area contributed by atoms with Crippen molar-refractivity contribution in [2.75, 3.05) is 36.1 Å². The standard InChI is InChI=1S/C23H25N7O2/c1-3-20-27-28-23(32-20)14(2)30-12-15-13-31-10-9-29(15)22-19(30)11-25-21(26-22)17-5-4-6-18-16(17)7-8-24-18/h4-8,11,14-15,24H,3,9-10,12-13H2,1-2H3/t14?,15-/m1/s1. The van der Waals surface area contributed by atoms with E-state index in [1.807, 2.05) is 25.4 Å². The highest BCUT2D eigenvalue weighted by atomic mass is 16.5. The average Bonchev–Trinajstić information content (AvgIpc) is 3.52. The number of aryl methyl sites for hydroxylation is 1. The number of hydrogen-bond acceptors (Lipinski definition) is 8. The molecule has 0 aliphatic carbocycles. The Labute approximate surface area is 185 Å². The van der Waals surface area contributed by atoms with Gasteiger partial charge in [0.05, 0.1) is 31.1 Å². The van der Waals surface area contributed by atoms with Crippen molar-refractivity contribution in [1.82, 2.24) is 25.1 Å². The van der Waals surface area contributed by atoms with Crippen LogP contribution in [0.1, 0.15) is 31.7 Å². The molecule has 2 aliphatic heterocycles. The van der Waals surface area contributed by atoms with Crippen molar-refractivity contribution in [3.8, 4) is 11.4 Å². The Morgan fingerprint density at radius 1 is 1.25 bits per heavy atom. The predicted molar refractivity (Wildman–Crippen MR) is 121 cm³/mol. The Balaban J connectivity index is 1.45. The fourth-order valence-corrected chi connectivity index (χ4v) is 4.68. The molecule has 32 heavy (non-hydrogen) atoms.